The van der Waals surface area contributed by atoms with Crippen LogP contribution in [0.3, 0.4) is 0 Å². The number of hydrogen-bond donors (Lipinski definition) is 3. The number of aryl methyl sites for hydroxylation is 1. The van der Waals surface area contributed by atoms with Crippen LogP contribution in [0, 0.1) is 17.3 Å². The number of unbranched alkanes of at least 4 members (excludes halogenated alkanes) is 1. The highest BCUT2D eigenvalue weighted by molar-refractivity contribution is 5.97. The summed E-state index contributed by atoms with van der Waals surface area (Å²) < 4.78 is 5.53. The van der Waals surface area contributed by atoms with Crippen LogP contribution >= 0.6 is 0 Å². The van der Waals surface area contributed by atoms with E-state index in [1.807, 2.05) is 57.2 Å². The van der Waals surface area contributed by atoms with Gasteiger partial charge >= 0.3 is 11.9 Å². The SMILES string of the molecule is CCCCc1ccc(C#Cc2ccc(CN(C(=O)CC(C)(C)C)c3ccc(C(=O)O)c(OC(=O)[C@@H](CCC(N)=O)NC)c3)cc2)cc1. The fourth-order valence-electron chi connectivity index (χ4n) is 4.81. The number of anilines is 1. The summed E-state index contributed by atoms with van der Waals surface area (Å²) >= 11 is 0. The Morgan fingerprint density at radius 3 is 2.04 bits per heavy atom. The number of nitrogens with two attached hydrogens (primary N) is 1. The zero-order valence-electron chi connectivity index (χ0n) is 27.9. The second-order valence-electron chi connectivity index (χ2n) is 12.7. The van der Waals surface area contributed by atoms with E-state index in [0.29, 0.717) is 5.69 Å². The maximum atomic E-state index is 13.7. The number of aromatic carboxylic acids is 1. The molecular formula is C38H45N3O6. The van der Waals surface area contributed by atoms with Gasteiger partial charge in [-0.2, -0.15) is 0 Å². The van der Waals surface area contributed by atoms with Gasteiger partial charge in [-0.3, -0.25) is 9.59 Å². The first-order valence-corrected chi connectivity index (χ1v) is 15.8. The molecule has 2 amide bonds. The summed E-state index contributed by atoms with van der Waals surface area (Å²) in [6.07, 6.45) is 3.62. The molecule has 4 N–H and O–H groups in total. The lowest BCUT2D eigenvalue weighted by atomic mass is 9.91. The monoisotopic (exact) mass is 639 g/mol. The molecule has 0 saturated heterocycles. The number of rotatable bonds is 14. The van der Waals surface area contributed by atoms with E-state index in [-0.39, 0.29) is 48.4 Å². The Morgan fingerprint density at radius 1 is 0.936 bits per heavy atom. The van der Waals surface area contributed by atoms with E-state index in [2.05, 4.69) is 36.2 Å². The molecule has 0 spiro atoms. The highest BCUT2D eigenvalue weighted by Gasteiger charge is 2.26. The number of esters is 1. The summed E-state index contributed by atoms with van der Waals surface area (Å²) in [4.78, 5) is 51.4. The molecule has 9 heteroatoms. The molecule has 0 aliphatic carbocycles. The van der Waals surface area contributed by atoms with Gasteiger partial charge in [0.15, 0.2) is 0 Å². The molecule has 3 rings (SSSR count). The number of hydrogen-bond acceptors (Lipinski definition) is 6. The number of benzene rings is 3. The van der Waals surface area contributed by atoms with Gasteiger partial charge in [0.05, 0.1) is 6.54 Å². The van der Waals surface area contributed by atoms with Crippen molar-refractivity contribution in [3.05, 3.63) is 94.5 Å². The van der Waals surface area contributed by atoms with Crippen LogP contribution in [-0.4, -0.2) is 41.9 Å². The summed E-state index contributed by atoms with van der Waals surface area (Å²) in [7, 11) is 1.52. The first-order valence-electron chi connectivity index (χ1n) is 15.8. The first kappa shape index (κ1) is 36.5. The van der Waals surface area contributed by atoms with Gasteiger partial charge in [0, 0.05) is 35.7 Å². The number of carbonyl (C=O) groups is 4. The minimum atomic E-state index is -1.30. The fourth-order valence-corrected chi connectivity index (χ4v) is 4.81. The predicted molar refractivity (Wildman–Crippen MR) is 183 cm³/mol. The predicted octanol–water partition coefficient (Wildman–Crippen LogP) is 5.86. The number of ether oxygens (including phenoxy) is 1. The van der Waals surface area contributed by atoms with Crippen molar-refractivity contribution in [1.29, 1.82) is 0 Å². The molecule has 248 valence electrons. The standard InChI is InChI=1S/C38H45N3O6/c1-6-7-8-26-9-11-27(12-10-26)13-14-28-15-17-29(18-16-28)25-41(35(43)24-38(2,3)4)30-19-20-31(36(44)45)33(23-30)47-37(46)32(40-5)21-22-34(39)42/h9-12,15-20,23,32,40H,6-8,21-22,24-25H2,1-5H3,(H2,39,42)(H,44,45)/t32-/m1/s1. The van der Waals surface area contributed by atoms with E-state index in [0.717, 1.165) is 36.0 Å². The van der Waals surface area contributed by atoms with Crippen LogP contribution in [0.4, 0.5) is 5.69 Å². The van der Waals surface area contributed by atoms with Gasteiger partial charge in [0.1, 0.15) is 17.4 Å². The Kier molecular flexibility index (Phi) is 13.3. The lowest BCUT2D eigenvalue weighted by molar-refractivity contribution is -0.136. The van der Waals surface area contributed by atoms with Gasteiger partial charge in [-0.15, -0.1) is 0 Å². The van der Waals surface area contributed by atoms with Crippen molar-refractivity contribution in [3.63, 3.8) is 0 Å². The van der Waals surface area contributed by atoms with Crippen molar-refractivity contribution in [2.45, 2.75) is 78.8 Å². The normalized spacial score (nSPS) is 11.6. The van der Waals surface area contributed by atoms with Gasteiger partial charge in [-0.25, -0.2) is 9.59 Å². The third kappa shape index (κ3) is 11.7. The Bertz CT molecular complexity index is 1610. The van der Waals surface area contributed by atoms with Crippen molar-refractivity contribution < 1.29 is 29.0 Å². The molecule has 0 aromatic heterocycles. The van der Waals surface area contributed by atoms with E-state index < -0.39 is 23.9 Å². The Hall–Kier alpha value is -4.94. The van der Waals surface area contributed by atoms with E-state index in [9.17, 15) is 24.3 Å². The zero-order valence-corrected chi connectivity index (χ0v) is 27.9. The van der Waals surface area contributed by atoms with Gasteiger partial charge in [0.2, 0.25) is 11.8 Å². The minimum Gasteiger partial charge on any atom is -0.478 e. The van der Waals surface area contributed by atoms with Crippen molar-refractivity contribution >= 4 is 29.4 Å². The molecule has 0 saturated carbocycles. The highest BCUT2D eigenvalue weighted by Crippen LogP contribution is 2.30. The Balaban J connectivity index is 1.88. The lowest BCUT2D eigenvalue weighted by Crippen LogP contribution is -2.38. The van der Waals surface area contributed by atoms with Crippen LogP contribution in [0.1, 0.15) is 92.4 Å². The summed E-state index contributed by atoms with van der Waals surface area (Å²) in [5.41, 5.74) is 8.93. The molecule has 0 bridgehead atoms. The number of nitrogens with zero attached hydrogens (tertiary/aromatic N) is 1. The van der Waals surface area contributed by atoms with Crippen LogP contribution in [0.25, 0.3) is 0 Å². The van der Waals surface area contributed by atoms with Crippen LogP contribution in [0.15, 0.2) is 66.7 Å². The smallest absolute Gasteiger partial charge is 0.339 e. The third-order valence-electron chi connectivity index (χ3n) is 7.43. The molecule has 1 atom stereocenters. The van der Waals surface area contributed by atoms with Gasteiger partial charge in [-0.05, 0) is 79.3 Å². The lowest BCUT2D eigenvalue weighted by Gasteiger charge is -2.27. The molecule has 3 aromatic rings. The second-order valence-corrected chi connectivity index (χ2v) is 12.7. The largest absolute Gasteiger partial charge is 0.478 e. The van der Waals surface area contributed by atoms with E-state index in [4.69, 9.17) is 10.5 Å². The van der Waals surface area contributed by atoms with Crippen molar-refractivity contribution in [1.82, 2.24) is 5.32 Å². The Labute approximate surface area is 277 Å². The first-order chi connectivity index (χ1) is 22.3. The van der Waals surface area contributed by atoms with E-state index in [1.54, 1.807) is 4.90 Å². The van der Waals surface area contributed by atoms with Crippen LogP contribution < -0.4 is 20.7 Å². The average molecular weight is 640 g/mol. The topological polar surface area (TPSA) is 139 Å². The van der Waals surface area contributed by atoms with Crippen LogP contribution in [0.2, 0.25) is 0 Å². The summed E-state index contributed by atoms with van der Waals surface area (Å²) in [5.74, 6) is 3.36. The highest BCUT2D eigenvalue weighted by atomic mass is 16.5. The second kappa shape index (κ2) is 17.1. The van der Waals surface area contributed by atoms with Crippen molar-refractivity contribution in [2.24, 2.45) is 11.1 Å². The molecule has 0 heterocycles. The molecule has 0 radical (unpaired) electrons. The van der Waals surface area contributed by atoms with Crippen LogP contribution in [0.5, 0.6) is 5.75 Å². The maximum Gasteiger partial charge on any atom is 0.339 e. The Morgan fingerprint density at radius 2 is 1.53 bits per heavy atom. The fraction of sp³-hybridized carbons (Fsp3) is 0.368. The van der Waals surface area contributed by atoms with E-state index in [1.165, 1.54) is 30.8 Å². The molecule has 0 unspecified atom stereocenters. The minimum absolute atomic E-state index is 0.0574. The van der Waals surface area contributed by atoms with Gasteiger partial charge in [-0.1, -0.05) is 70.2 Å². The van der Waals surface area contributed by atoms with Crippen LogP contribution in [-0.2, 0) is 27.3 Å². The molecule has 0 aliphatic heterocycles. The third-order valence-corrected chi connectivity index (χ3v) is 7.43. The number of likely N-dealkylation sites (N-methyl/N-ethyl adjacent to an activating group) is 1. The molecule has 9 nitrogen and oxygen atoms in total. The summed E-state index contributed by atoms with van der Waals surface area (Å²) in [6, 6.07) is 19.2. The summed E-state index contributed by atoms with van der Waals surface area (Å²) in [6.45, 7) is 8.25. The van der Waals surface area contributed by atoms with Gasteiger partial charge < -0.3 is 25.8 Å². The van der Waals surface area contributed by atoms with E-state index >= 15 is 0 Å². The zero-order chi connectivity index (χ0) is 34.6. The maximum absolute atomic E-state index is 13.7. The number of carboxylic acids is 1. The summed E-state index contributed by atoms with van der Waals surface area (Å²) in [5, 5.41) is 12.6. The number of primary amides is 1. The molecular weight excluding hydrogens is 594 g/mol. The molecule has 3 aromatic carbocycles. The number of carbonyl (C=O) groups excluding carboxylic acids is 3. The molecule has 0 aliphatic rings. The van der Waals surface area contributed by atoms with Gasteiger partial charge in [0.25, 0.3) is 0 Å². The van der Waals surface area contributed by atoms with Crippen molar-refractivity contribution in [3.8, 4) is 17.6 Å². The molecule has 0 fully saturated rings. The van der Waals surface area contributed by atoms with Crippen molar-refractivity contribution in [2.75, 3.05) is 11.9 Å². The quantitative estimate of drug-likeness (QED) is 0.114. The average Bonchev–Trinajstić information content (AvgIpc) is 3.01. The molecule has 47 heavy (non-hydrogen) atoms. The number of nitrogens with one attached hydrogen (secondary N) is 1. The number of carboxylic acid groups (broad SMARTS) is 1. The number of amides is 2.